The predicted octanol–water partition coefficient (Wildman–Crippen LogP) is 3.64. The van der Waals surface area contributed by atoms with Crippen LogP contribution < -0.4 is 4.74 Å². The molecule has 0 amide bonds. The van der Waals surface area contributed by atoms with Gasteiger partial charge in [-0.25, -0.2) is 0 Å². The zero-order chi connectivity index (χ0) is 17.9. The third kappa shape index (κ3) is 4.60. The molecule has 0 spiro atoms. The number of aromatic nitrogens is 4. The van der Waals surface area contributed by atoms with Gasteiger partial charge in [0.2, 0.25) is 11.8 Å². The van der Waals surface area contributed by atoms with Crippen molar-refractivity contribution in [1.29, 1.82) is 0 Å². The van der Waals surface area contributed by atoms with E-state index in [2.05, 4.69) is 20.3 Å². The van der Waals surface area contributed by atoms with Gasteiger partial charge >= 0.3 is 0 Å². The zero-order valence-corrected chi connectivity index (χ0v) is 15.5. The number of methoxy groups -OCH3 is 1. The van der Waals surface area contributed by atoms with E-state index >= 15 is 0 Å². The van der Waals surface area contributed by atoms with E-state index < -0.39 is 0 Å². The number of rotatable bonds is 6. The standard InChI is InChI=1S/C17H20N4O3S/c1-17(2,3)15-18-14(24-21-15)10-25-16-20-19-13(23-16)9-11-5-7-12(22-4)8-6-11/h5-8H,9-10H2,1-4H3. The Hall–Kier alpha value is -2.35. The van der Waals surface area contributed by atoms with E-state index in [1.54, 1.807) is 7.11 Å². The monoisotopic (exact) mass is 360 g/mol. The molecule has 3 rings (SSSR count). The molecule has 0 N–H and O–H groups in total. The first-order chi connectivity index (χ1) is 11.9. The normalized spacial score (nSPS) is 11.7. The molecule has 3 aromatic rings. The Morgan fingerprint density at radius 2 is 1.84 bits per heavy atom. The average Bonchev–Trinajstić information content (AvgIpc) is 3.22. The summed E-state index contributed by atoms with van der Waals surface area (Å²) in [4.78, 5) is 4.39. The van der Waals surface area contributed by atoms with E-state index in [4.69, 9.17) is 13.7 Å². The molecule has 8 heteroatoms. The van der Waals surface area contributed by atoms with E-state index in [9.17, 15) is 0 Å². The third-order valence-corrected chi connectivity index (χ3v) is 4.22. The predicted molar refractivity (Wildman–Crippen MR) is 92.7 cm³/mol. The summed E-state index contributed by atoms with van der Waals surface area (Å²) in [5.41, 5.74) is 0.940. The van der Waals surface area contributed by atoms with Crippen molar-refractivity contribution in [3.63, 3.8) is 0 Å². The third-order valence-electron chi connectivity index (χ3n) is 3.42. The highest BCUT2D eigenvalue weighted by atomic mass is 32.2. The van der Waals surface area contributed by atoms with Crippen molar-refractivity contribution in [2.24, 2.45) is 0 Å². The molecule has 0 aliphatic carbocycles. The van der Waals surface area contributed by atoms with Crippen molar-refractivity contribution in [2.75, 3.05) is 7.11 Å². The number of nitrogens with zero attached hydrogens (tertiary/aromatic N) is 4. The average molecular weight is 360 g/mol. The molecule has 0 fully saturated rings. The number of ether oxygens (including phenoxy) is 1. The highest BCUT2D eigenvalue weighted by molar-refractivity contribution is 7.98. The van der Waals surface area contributed by atoms with Crippen LogP contribution in [0.3, 0.4) is 0 Å². The van der Waals surface area contributed by atoms with Gasteiger partial charge in [0.25, 0.3) is 5.22 Å². The first-order valence-corrected chi connectivity index (χ1v) is 8.84. The van der Waals surface area contributed by atoms with Crippen molar-refractivity contribution < 1.29 is 13.7 Å². The molecule has 0 saturated heterocycles. The van der Waals surface area contributed by atoms with E-state index in [1.807, 2.05) is 45.0 Å². The van der Waals surface area contributed by atoms with E-state index in [-0.39, 0.29) is 5.41 Å². The molecule has 0 radical (unpaired) electrons. The molecule has 0 saturated carbocycles. The molecule has 1 aromatic carbocycles. The van der Waals surface area contributed by atoms with Crippen LogP contribution in [0.4, 0.5) is 0 Å². The maximum atomic E-state index is 5.66. The molecular formula is C17H20N4O3S. The van der Waals surface area contributed by atoms with E-state index in [0.29, 0.717) is 35.0 Å². The Morgan fingerprint density at radius 1 is 1.08 bits per heavy atom. The number of thioether (sulfide) groups is 1. The van der Waals surface area contributed by atoms with E-state index in [0.717, 1.165) is 11.3 Å². The van der Waals surface area contributed by atoms with Crippen molar-refractivity contribution in [3.05, 3.63) is 47.4 Å². The first kappa shape index (κ1) is 17.5. The van der Waals surface area contributed by atoms with Crippen molar-refractivity contribution in [1.82, 2.24) is 20.3 Å². The van der Waals surface area contributed by atoms with Crippen LogP contribution in [0.5, 0.6) is 5.75 Å². The van der Waals surface area contributed by atoms with Gasteiger partial charge in [-0.1, -0.05) is 49.8 Å². The lowest BCUT2D eigenvalue weighted by atomic mass is 9.96. The number of hydrogen-bond donors (Lipinski definition) is 0. The minimum atomic E-state index is -0.136. The largest absolute Gasteiger partial charge is 0.497 e. The quantitative estimate of drug-likeness (QED) is 0.616. The van der Waals surface area contributed by atoms with Gasteiger partial charge in [0.1, 0.15) is 5.75 Å². The summed E-state index contributed by atoms with van der Waals surface area (Å²) in [6, 6.07) is 7.76. The van der Waals surface area contributed by atoms with Crippen LogP contribution in [0.25, 0.3) is 0 Å². The van der Waals surface area contributed by atoms with Crippen LogP contribution in [-0.2, 0) is 17.6 Å². The first-order valence-electron chi connectivity index (χ1n) is 7.85. The summed E-state index contributed by atoms with van der Waals surface area (Å²) in [5, 5.41) is 12.6. The van der Waals surface area contributed by atoms with Crippen LogP contribution in [0.15, 0.2) is 38.4 Å². The fourth-order valence-electron chi connectivity index (χ4n) is 2.03. The smallest absolute Gasteiger partial charge is 0.277 e. The van der Waals surface area contributed by atoms with Crippen LogP contribution >= 0.6 is 11.8 Å². The summed E-state index contributed by atoms with van der Waals surface area (Å²) in [6.45, 7) is 6.12. The number of benzene rings is 1. The van der Waals surface area contributed by atoms with E-state index in [1.165, 1.54) is 11.8 Å². The second-order valence-corrected chi connectivity index (χ2v) is 7.46. The van der Waals surface area contributed by atoms with Gasteiger partial charge in [0.05, 0.1) is 19.3 Å². The Labute approximate surface area is 150 Å². The highest BCUT2D eigenvalue weighted by Crippen LogP contribution is 2.24. The van der Waals surface area contributed by atoms with Gasteiger partial charge in [0, 0.05) is 5.41 Å². The Kier molecular flexibility index (Phi) is 5.08. The molecule has 0 aliphatic heterocycles. The van der Waals surface area contributed by atoms with Gasteiger partial charge in [-0.2, -0.15) is 4.98 Å². The van der Waals surface area contributed by atoms with Gasteiger partial charge in [-0.05, 0) is 17.7 Å². The van der Waals surface area contributed by atoms with Crippen LogP contribution in [-0.4, -0.2) is 27.4 Å². The lowest BCUT2D eigenvalue weighted by molar-refractivity contribution is 0.372. The van der Waals surface area contributed by atoms with Gasteiger partial charge < -0.3 is 13.7 Å². The molecule has 2 aromatic heterocycles. The maximum absolute atomic E-state index is 5.66. The van der Waals surface area contributed by atoms with Gasteiger partial charge in [0.15, 0.2) is 5.82 Å². The Bertz CT molecular complexity index is 821. The van der Waals surface area contributed by atoms with Crippen molar-refractivity contribution in [2.45, 2.75) is 43.6 Å². The lowest BCUT2D eigenvalue weighted by Crippen LogP contribution is -2.13. The topological polar surface area (TPSA) is 87.1 Å². The fraction of sp³-hybridized carbons (Fsp3) is 0.412. The minimum absolute atomic E-state index is 0.136. The molecular weight excluding hydrogens is 340 g/mol. The Morgan fingerprint density at radius 3 is 2.48 bits per heavy atom. The van der Waals surface area contributed by atoms with Gasteiger partial charge in [-0.15, -0.1) is 10.2 Å². The summed E-state index contributed by atoms with van der Waals surface area (Å²) in [7, 11) is 1.64. The Balaban J connectivity index is 1.57. The highest BCUT2D eigenvalue weighted by Gasteiger charge is 2.21. The van der Waals surface area contributed by atoms with Gasteiger partial charge in [-0.3, -0.25) is 0 Å². The molecule has 132 valence electrons. The fourth-order valence-corrected chi connectivity index (χ4v) is 2.65. The number of hydrogen-bond acceptors (Lipinski definition) is 8. The second kappa shape index (κ2) is 7.26. The maximum Gasteiger partial charge on any atom is 0.277 e. The summed E-state index contributed by atoms with van der Waals surface area (Å²) in [5.74, 6) is 3.11. The zero-order valence-electron chi connectivity index (χ0n) is 14.6. The second-order valence-electron chi connectivity index (χ2n) is 6.54. The summed E-state index contributed by atoms with van der Waals surface area (Å²) in [6.07, 6.45) is 0.576. The van der Waals surface area contributed by atoms with Crippen LogP contribution in [0.1, 0.15) is 43.9 Å². The lowest BCUT2D eigenvalue weighted by Gasteiger charge is -2.10. The van der Waals surface area contributed by atoms with Crippen molar-refractivity contribution >= 4 is 11.8 Å². The molecule has 7 nitrogen and oxygen atoms in total. The molecule has 0 unspecified atom stereocenters. The molecule has 2 heterocycles. The minimum Gasteiger partial charge on any atom is -0.497 e. The van der Waals surface area contributed by atoms with Crippen LogP contribution in [0.2, 0.25) is 0 Å². The molecule has 0 atom stereocenters. The molecule has 0 aliphatic rings. The SMILES string of the molecule is COc1ccc(Cc2nnc(SCc3nc(C(C)(C)C)no3)o2)cc1. The molecule has 25 heavy (non-hydrogen) atoms. The summed E-state index contributed by atoms with van der Waals surface area (Å²) < 4.78 is 16.1. The van der Waals surface area contributed by atoms with Crippen molar-refractivity contribution in [3.8, 4) is 5.75 Å². The van der Waals surface area contributed by atoms with Crippen LogP contribution in [0, 0.1) is 0 Å². The summed E-state index contributed by atoms with van der Waals surface area (Å²) >= 11 is 1.38. The molecule has 0 bridgehead atoms.